The lowest BCUT2D eigenvalue weighted by atomic mass is 10.0. The third kappa shape index (κ3) is 11.8. The first kappa shape index (κ1) is 33.7. The van der Waals surface area contributed by atoms with Crippen LogP contribution in [0.15, 0.2) is 48.5 Å². The van der Waals surface area contributed by atoms with Crippen LogP contribution >= 0.6 is 0 Å². The smallest absolute Gasteiger partial charge is 0.329 e. The highest BCUT2D eigenvalue weighted by molar-refractivity contribution is 5.90. The number of carbonyl (C=O) groups excluding carboxylic acids is 3. The Labute approximate surface area is 256 Å². The van der Waals surface area contributed by atoms with Crippen molar-refractivity contribution in [3.63, 3.8) is 0 Å². The van der Waals surface area contributed by atoms with Crippen molar-refractivity contribution in [1.29, 1.82) is 0 Å². The van der Waals surface area contributed by atoms with Gasteiger partial charge >= 0.3 is 12.0 Å². The van der Waals surface area contributed by atoms with Crippen LogP contribution in [0.3, 0.4) is 0 Å². The van der Waals surface area contributed by atoms with Gasteiger partial charge in [0.15, 0.2) is 0 Å². The van der Waals surface area contributed by atoms with Gasteiger partial charge in [0.05, 0.1) is 7.11 Å². The fourth-order valence-electron chi connectivity index (χ4n) is 4.90. The lowest BCUT2D eigenvalue weighted by Crippen LogP contribution is -2.55. The summed E-state index contributed by atoms with van der Waals surface area (Å²) in [6, 6.07) is 13.2. The van der Waals surface area contributed by atoms with Crippen LogP contribution in [-0.4, -0.2) is 60.7 Å². The van der Waals surface area contributed by atoms with Gasteiger partial charge < -0.3 is 29.7 Å². The summed E-state index contributed by atoms with van der Waals surface area (Å²) >= 11 is 0. The number of hydrogen-bond acceptors (Lipinski definition) is 6. The molecule has 1 saturated heterocycles. The Morgan fingerprint density at radius 1 is 0.814 bits per heavy atom. The van der Waals surface area contributed by atoms with E-state index in [-0.39, 0.29) is 18.4 Å². The minimum Gasteiger partial charge on any atom is -0.497 e. The normalized spacial score (nSPS) is 15.2. The van der Waals surface area contributed by atoms with E-state index >= 15 is 0 Å². The molecule has 1 fully saturated rings. The largest absolute Gasteiger partial charge is 0.497 e. The van der Waals surface area contributed by atoms with Crippen LogP contribution in [0.25, 0.3) is 0 Å². The van der Waals surface area contributed by atoms with E-state index in [9.17, 15) is 14.4 Å². The summed E-state index contributed by atoms with van der Waals surface area (Å²) in [5.74, 6) is 0.710. The molecule has 9 nitrogen and oxygen atoms in total. The maximum atomic E-state index is 13.6. The zero-order valence-corrected chi connectivity index (χ0v) is 26.6. The van der Waals surface area contributed by atoms with Gasteiger partial charge in [-0.3, -0.25) is 4.79 Å². The second-order valence-electron chi connectivity index (χ2n) is 12.6. The van der Waals surface area contributed by atoms with Crippen LogP contribution in [0.4, 0.5) is 4.79 Å². The van der Waals surface area contributed by atoms with Crippen molar-refractivity contribution < 1.29 is 28.6 Å². The molecule has 0 radical (unpaired) electrons. The summed E-state index contributed by atoms with van der Waals surface area (Å²) in [6.45, 7) is 11.2. The number of nitrogens with one attached hydrogen (secondary N) is 2. The molecule has 1 aliphatic heterocycles. The van der Waals surface area contributed by atoms with Gasteiger partial charge in [-0.2, -0.15) is 0 Å². The molecular weight excluding hydrogens is 546 g/mol. The van der Waals surface area contributed by atoms with Crippen molar-refractivity contribution >= 4 is 17.9 Å². The monoisotopic (exact) mass is 595 g/mol. The van der Waals surface area contributed by atoms with Gasteiger partial charge in [0.25, 0.3) is 0 Å². The quantitative estimate of drug-likeness (QED) is 0.308. The lowest BCUT2D eigenvalue weighted by molar-refractivity contribution is -0.158. The van der Waals surface area contributed by atoms with E-state index in [4.69, 9.17) is 14.2 Å². The molecule has 1 heterocycles. The van der Waals surface area contributed by atoms with E-state index in [0.717, 1.165) is 42.6 Å². The summed E-state index contributed by atoms with van der Waals surface area (Å²) < 4.78 is 16.8. The zero-order valence-electron chi connectivity index (χ0n) is 26.6. The number of ether oxygens (including phenoxy) is 3. The van der Waals surface area contributed by atoms with Crippen LogP contribution in [0.1, 0.15) is 77.8 Å². The van der Waals surface area contributed by atoms with E-state index < -0.39 is 29.6 Å². The second kappa shape index (κ2) is 16.2. The molecule has 0 aromatic heterocycles. The average molecular weight is 596 g/mol. The SMILES string of the molecule is COc1ccc(COc2ccc(CC(NC(=O)C(CC(C)C)NC(=O)N3CCCCCC3)C(=O)OC(C)(C)C)cc2)cc1. The zero-order chi connectivity index (χ0) is 31.4. The van der Waals surface area contributed by atoms with E-state index in [1.54, 1.807) is 32.8 Å². The Morgan fingerprint density at radius 2 is 1.40 bits per heavy atom. The number of urea groups is 1. The fraction of sp³-hybridized carbons (Fsp3) is 0.559. The topological polar surface area (TPSA) is 106 Å². The molecule has 1 aliphatic rings. The first-order chi connectivity index (χ1) is 20.4. The van der Waals surface area contributed by atoms with Gasteiger partial charge in [-0.25, -0.2) is 9.59 Å². The predicted molar refractivity (Wildman–Crippen MR) is 167 cm³/mol. The number of likely N-dealkylation sites (tertiary alicyclic amines) is 1. The van der Waals surface area contributed by atoms with Crippen molar-refractivity contribution in [3.05, 3.63) is 59.7 Å². The van der Waals surface area contributed by atoms with Crippen LogP contribution in [0.2, 0.25) is 0 Å². The van der Waals surface area contributed by atoms with Crippen LogP contribution in [0.5, 0.6) is 11.5 Å². The highest BCUT2D eigenvalue weighted by atomic mass is 16.6. The van der Waals surface area contributed by atoms with E-state index in [1.165, 1.54) is 0 Å². The number of hydrogen-bond donors (Lipinski definition) is 2. The van der Waals surface area contributed by atoms with Crippen molar-refractivity contribution in [1.82, 2.24) is 15.5 Å². The van der Waals surface area contributed by atoms with Gasteiger partial charge in [0.1, 0.15) is 35.8 Å². The minimum absolute atomic E-state index is 0.158. The molecule has 43 heavy (non-hydrogen) atoms. The molecule has 2 aromatic carbocycles. The highest BCUT2D eigenvalue weighted by Crippen LogP contribution is 2.19. The molecule has 2 N–H and O–H groups in total. The van der Waals surface area contributed by atoms with Gasteiger partial charge in [-0.05, 0) is 81.3 Å². The van der Waals surface area contributed by atoms with Crippen LogP contribution in [-0.2, 0) is 27.4 Å². The third-order valence-corrected chi connectivity index (χ3v) is 7.15. The number of esters is 1. The Bertz CT molecular complexity index is 1170. The number of rotatable bonds is 12. The Balaban J connectivity index is 1.69. The molecule has 0 bridgehead atoms. The predicted octanol–water partition coefficient (Wildman–Crippen LogP) is 5.64. The van der Waals surface area contributed by atoms with Crippen LogP contribution < -0.4 is 20.1 Å². The van der Waals surface area contributed by atoms with Gasteiger partial charge in [-0.15, -0.1) is 0 Å². The van der Waals surface area contributed by atoms with Crippen molar-refractivity contribution in [2.45, 2.75) is 97.4 Å². The molecule has 0 spiro atoms. The summed E-state index contributed by atoms with van der Waals surface area (Å²) in [5, 5.41) is 5.84. The first-order valence-electron chi connectivity index (χ1n) is 15.4. The minimum atomic E-state index is -0.928. The number of nitrogens with zero attached hydrogens (tertiary/aromatic N) is 1. The summed E-state index contributed by atoms with van der Waals surface area (Å²) in [7, 11) is 1.63. The number of carbonyl (C=O) groups is 3. The molecule has 2 unspecified atom stereocenters. The Kier molecular flexibility index (Phi) is 12.7. The average Bonchev–Trinajstić information content (AvgIpc) is 3.25. The van der Waals surface area contributed by atoms with Crippen molar-refractivity contribution in [3.8, 4) is 11.5 Å². The summed E-state index contributed by atoms with van der Waals surface area (Å²) in [4.78, 5) is 41.7. The molecular formula is C34H49N3O6. The van der Waals surface area contributed by atoms with Crippen LogP contribution in [0, 0.1) is 5.92 Å². The lowest BCUT2D eigenvalue weighted by Gasteiger charge is -2.28. The standard InChI is InChI=1S/C34H49N3O6/c1-24(2)21-29(36-33(40)37-19-9-7-8-10-20-37)31(38)35-30(32(39)43-34(3,4)5)22-25-11-17-28(18-12-25)42-23-26-13-15-27(41-6)16-14-26/h11-18,24,29-30H,7-10,19-23H2,1-6H3,(H,35,38)(H,36,40). The summed E-state index contributed by atoms with van der Waals surface area (Å²) in [6.07, 6.45) is 4.81. The maximum absolute atomic E-state index is 13.6. The fourth-order valence-corrected chi connectivity index (χ4v) is 4.90. The van der Waals surface area contributed by atoms with Gasteiger partial charge in [-0.1, -0.05) is 51.0 Å². The molecule has 236 valence electrons. The molecule has 9 heteroatoms. The molecule has 2 atom stereocenters. The van der Waals surface area contributed by atoms with Crippen molar-refractivity contribution in [2.24, 2.45) is 5.92 Å². The second-order valence-corrected chi connectivity index (χ2v) is 12.6. The highest BCUT2D eigenvalue weighted by Gasteiger charge is 2.31. The Morgan fingerprint density at radius 3 is 1.95 bits per heavy atom. The molecule has 0 aliphatic carbocycles. The van der Waals surface area contributed by atoms with Crippen molar-refractivity contribution in [2.75, 3.05) is 20.2 Å². The maximum Gasteiger partial charge on any atom is 0.329 e. The van der Waals surface area contributed by atoms with Gasteiger partial charge in [0.2, 0.25) is 5.91 Å². The molecule has 2 aromatic rings. The first-order valence-corrected chi connectivity index (χ1v) is 15.4. The number of methoxy groups -OCH3 is 1. The molecule has 0 saturated carbocycles. The Hall–Kier alpha value is -3.75. The number of benzene rings is 2. The van der Waals surface area contributed by atoms with E-state index in [0.29, 0.717) is 31.9 Å². The van der Waals surface area contributed by atoms with E-state index in [1.807, 2.05) is 62.4 Å². The summed E-state index contributed by atoms with van der Waals surface area (Å²) in [5.41, 5.74) is 1.12. The van der Waals surface area contributed by atoms with E-state index in [2.05, 4.69) is 10.6 Å². The molecule has 3 amide bonds. The third-order valence-electron chi connectivity index (χ3n) is 7.15. The molecule has 3 rings (SSSR count). The van der Waals surface area contributed by atoms with Gasteiger partial charge in [0, 0.05) is 19.5 Å². The number of amides is 3.